The Bertz CT molecular complexity index is 1950. The van der Waals surface area contributed by atoms with E-state index in [1.54, 1.807) is 24.3 Å². The molecule has 4 N–H and O–H groups in total. The van der Waals surface area contributed by atoms with Crippen molar-refractivity contribution in [3.8, 4) is 0 Å². The Morgan fingerprint density at radius 1 is 0.871 bits per heavy atom. The fourth-order valence-electron chi connectivity index (χ4n) is 9.73. The minimum absolute atomic E-state index is 0.00595. The molecule has 2 aromatic heterocycles. The number of fused-ring (bicyclic) bond motifs is 1. The Morgan fingerprint density at radius 3 is 2.35 bits per heavy atom. The lowest BCUT2D eigenvalue weighted by Gasteiger charge is -2.39. The van der Waals surface area contributed by atoms with E-state index in [1.165, 1.54) is 12.4 Å². The fourth-order valence-corrected chi connectivity index (χ4v) is 9.73. The normalized spacial score (nSPS) is 25.4. The summed E-state index contributed by atoms with van der Waals surface area (Å²) in [5.74, 6) is 0.928. The van der Waals surface area contributed by atoms with Crippen LogP contribution in [0.5, 0.6) is 0 Å². The number of aromatic nitrogens is 3. The molecule has 5 heterocycles. The Labute approximate surface area is 360 Å². The zero-order valence-corrected chi connectivity index (χ0v) is 35.4. The van der Waals surface area contributed by atoms with Crippen molar-refractivity contribution in [3.05, 3.63) is 60.2 Å². The summed E-state index contributed by atoms with van der Waals surface area (Å²) in [5.41, 5.74) is 0.438. The fraction of sp³-hybridized carbons (Fsp3) is 0.636. The second-order valence-electron chi connectivity index (χ2n) is 17.1. The number of ether oxygens (including phenoxy) is 2. The Morgan fingerprint density at radius 2 is 1.61 bits per heavy atom. The molecule has 3 amide bonds. The van der Waals surface area contributed by atoms with E-state index in [0.29, 0.717) is 76.4 Å². The van der Waals surface area contributed by atoms with E-state index in [0.717, 1.165) is 75.9 Å². The number of rotatable bonds is 18. The van der Waals surface area contributed by atoms with Crippen molar-refractivity contribution in [1.82, 2.24) is 40.3 Å². The highest BCUT2D eigenvalue weighted by Gasteiger charge is 2.43. The third-order valence-corrected chi connectivity index (χ3v) is 13.3. The maximum Gasteiger partial charge on any atom is 0.416 e. The number of likely N-dealkylation sites (tertiary alicyclic amines) is 3. The van der Waals surface area contributed by atoms with Crippen molar-refractivity contribution in [1.29, 1.82) is 0 Å². The minimum atomic E-state index is -4.50. The van der Waals surface area contributed by atoms with Gasteiger partial charge < -0.3 is 40.3 Å². The molecule has 4 aliphatic rings. The van der Waals surface area contributed by atoms with Crippen LogP contribution in [-0.4, -0.2) is 144 Å². The number of amides is 3. The number of carbonyl (C=O) groups is 3. The lowest BCUT2D eigenvalue weighted by molar-refractivity contribution is -0.137. The SMILES string of the molecule is CN1C(=O)C[C@H](C(=O)NCCOCCOCCN2CCC(C3CCC(C(=O)NCCN4CC[C@H](Nc5ncnc6ccc(C(F)(F)F)cc56)C4O)CC3)CC2)[C@H]1c1cccnc1. The van der Waals surface area contributed by atoms with E-state index in [-0.39, 0.29) is 47.3 Å². The van der Waals surface area contributed by atoms with Gasteiger partial charge in [-0.25, -0.2) is 9.97 Å². The van der Waals surface area contributed by atoms with Crippen LogP contribution in [0.3, 0.4) is 0 Å². The molecule has 1 aromatic carbocycles. The first-order valence-electron chi connectivity index (χ1n) is 22.1. The number of piperidine rings is 1. The summed E-state index contributed by atoms with van der Waals surface area (Å²) in [4.78, 5) is 56.7. The Balaban J connectivity index is 0.706. The first-order valence-corrected chi connectivity index (χ1v) is 22.1. The molecule has 3 aliphatic heterocycles. The highest BCUT2D eigenvalue weighted by atomic mass is 19.4. The van der Waals surface area contributed by atoms with Crippen LogP contribution in [0.15, 0.2) is 49.1 Å². The summed E-state index contributed by atoms with van der Waals surface area (Å²) >= 11 is 0. The molecule has 0 radical (unpaired) electrons. The number of hydrogen-bond donors (Lipinski definition) is 4. The van der Waals surface area contributed by atoms with E-state index in [1.807, 2.05) is 17.0 Å². The number of anilines is 1. The van der Waals surface area contributed by atoms with Crippen LogP contribution in [-0.2, 0) is 30.0 Å². The van der Waals surface area contributed by atoms with Gasteiger partial charge in [0.15, 0.2) is 0 Å². The van der Waals surface area contributed by atoms with E-state index in [9.17, 15) is 32.7 Å². The zero-order chi connectivity index (χ0) is 43.6. The van der Waals surface area contributed by atoms with Crippen LogP contribution < -0.4 is 16.0 Å². The molecule has 338 valence electrons. The number of nitrogens with zero attached hydrogens (tertiary/aromatic N) is 6. The zero-order valence-electron chi connectivity index (χ0n) is 35.4. The van der Waals surface area contributed by atoms with Crippen molar-refractivity contribution in [2.24, 2.45) is 23.7 Å². The first-order chi connectivity index (χ1) is 30.0. The number of hydrogen-bond acceptors (Lipinski definition) is 12. The number of benzene rings is 1. The van der Waals surface area contributed by atoms with Gasteiger partial charge in [-0.2, -0.15) is 13.2 Å². The maximum absolute atomic E-state index is 13.4. The maximum atomic E-state index is 13.4. The van der Waals surface area contributed by atoms with E-state index in [4.69, 9.17) is 9.47 Å². The molecule has 1 unspecified atom stereocenters. The van der Waals surface area contributed by atoms with Gasteiger partial charge >= 0.3 is 6.18 Å². The molecule has 7 rings (SSSR count). The molecule has 3 saturated heterocycles. The Kier molecular flexibility index (Phi) is 15.6. The first kappa shape index (κ1) is 45.5. The summed E-state index contributed by atoms with van der Waals surface area (Å²) in [7, 11) is 1.72. The summed E-state index contributed by atoms with van der Waals surface area (Å²) in [5, 5.41) is 20.4. The van der Waals surface area contributed by atoms with Crippen LogP contribution in [0, 0.1) is 23.7 Å². The van der Waals surface area contributed by atoms with Crippen molar-refractivity contribution >= 4 is 34.4 Å². The van der Waals surface area contributed by atoms with Crippen LogP contribution in [0.25, 0.3) is 10.9 Å². The van der Waals surface area contributed by atoms with Gasteiger partial charge in [-0.05, 0) is 99.7 Å². The highest BCUT2D eigenvalue weighted by molar-refractivity contribution is 5.90. The van der Waals surface area contributed by atoms with Gasteiger partial charge in [0, 0.05) is 69.9 Å². The van der Waals surface area contributed by atoms with Gasteiger partial charge in [-0.15, -0.1) is 0 Å². The lowest BCUT2D eigenvalue weighted by Crippen LogP contribution is -2.43. The third kappa shape index (κ3) is 11.5. The van der Waals surface area contributed by atoms with Gasteiger partial charge in [-0.1, -0.05) is 6.07 Å². The van der Waals surface area contributed by atoms with Crippen LogP contribution in [0.2, 0.25) is 0 Å². The van der Waals surface area contributed by atoms with Crippen molar-refractivity contribution in [2.45, 2.75) is 75.9 Å². The number of aliphatic hydroxyl groups excluding tert-OH is 1. The number of aliphatic hydroxyl groups is 1. The molecule has 0 spiro atoms. The average Bonchev–Trinajstić information content (AvgIpc) is 3.78. The molecular formula is C44H60F3N9O6. The highest BCUT2D eigenvalue weighted by Crippen LogP contribution is 2.39. The smallest absolute Gasteiger partial charge is 0.378 e. The summed E-state index contributed by atoms with van der Waals surface area (Å²) in [6, 6.07) is 6.27. The number of pyridine rings is 1. The minimum Gasteiger partial charge on any atom is -0.378 e. The van der Waals surface area contributed by atoms with Gasteiger partial charge in [0.25, 0.3) is 0 Å². The van der Waals surface area contributed by atoms with Gasteiger partial charge in [0.2, 0.25) is 17.7 Å². The van der Waals surface area contributed by atoms with Crippen molar-refractivity contribution in [3.63, 3.8) is 0 Å². The molecule has 1 aliphatic carbocycles. The largest absolute Gasteiger partial charge is 0.416 e. The second-order valence-corrected chi connectivity index (χ2v) is 17.1. The summed E-state index contributed by atoms with van der Waals surface area (Å²) < 4.78 is 51.6. The van der Waals surface area contributed by atoms with E-state index in [2.05, 4.69) is 35.8 Å². The Hall–Kier alpha value is -4.49. The molecular weight excluding hydrogens is 808 g/mol. The van der Waals surface area contributed by atoms with Crippen LogP contribution in [0.4, 0.5) is 19.0 Å². The van der Waals surface area contributed by atoms with Gasteiger partial charge in [0.05, 0.1) is 55.5 Å². The summed E-state index contributed by atoms with van der Waals surface area (Å²) in [6.45, 7) is 6.67. The van der Waals surface area contributed by atoms with Crippen molar-refractivity contribution in [2.75, 3.05) is 84.6 Å². The molecule has 0 bridgehead atoms. The predicted molar refractivity (Wildman–Crippen MR) is 224 cm³/mol. The topological polar surface area (TPSA) is 174 Å². The molecule has 4 atom stereocenters. The van der Waals surface area contributed by atoms with Crippen molar-refractivity contribution < 1.29 is 42.1 Å². The molecule has 15 nitrogen and oxygen atoms in total. The average molecular weight is 868 g/mol. The molecule has 1 saturated carbocycles. The van der Waals surface area contributed by atoms with Crippen LogP contribution >= 0.6 is 0 Å². The van der Waals surface area contributed by atoms with Crippen LogP contribution in [0.1, 0.15) is 68.5 Å². The molecule has 18 heteroatoms. The summed E-state index contributed by atoms with van der Waals surface area (Å²) in [6.07, 6.45) is 6.20. The number of carbonyl (C=O) groups excluding carboxylic acids is 3. The standard InChI is InChI=1S/C44H60F3N9O6/c1-54-38(57)26-35(39(54)32-3-2-13-48-27-32)42(59)50-15-21-61-23-24-62-22-20-55-16-10-30(11-17-55)29-4-6-31(7-5-29)41(58)49-14-19-56-18-12-37(43(56)60)53-40-34-25-33(44(45,46)47)8-9-36(34)51-28-52-40/h2-3,8-9,13,25,27-31,35,37,39,43,60H,4-7,10-12,14-24,26H2,1H3,(H,49,58)(H,50,59)(H,51,52,53)/t29?,31?,35-,37-,39+,43?/m0/s1. The van der Waals surface area contributed by atoms with E-state index < -0.39 is 29.9 Å². The van der Waals surface area contributed by atoms with Gasteiger partial charge in [-0.3, -0.25) is 24.3 Å². The predicted octanol–water partition coefficient (Wildman–Crippen LogP) is 3.85. The monoisotopic (exact) mass is 867 g/mol. The number of alkyl halides is 3. The number of halogens is 3. The third-order valence-electron chi connectivity index (χ3n) is 13.3. The molecule has 3 aromatic rings. The van der Waals surface area contributed by atoms with E-state index >= 15 is 0 Å². The lowest BCUT2D eigenvalue weighted by atomic mass is 9.72. The van der Waals surface area contributed by atoms with Gasteiger partial charge in [0.1, 0.15) is 18.4 Å². The quantitative estimate of drug-likeness (QED) is 0.136. The second kappa shape index (κ2) is 21.3. The number of nitrogens with one attached hydrogen (secondary N) is 3. The molecule has 62 heavy (non-hydrogen) atoms. The molecule has 4 fully saturated rings.